The predicted molar refractivity (Wildman–Crippen MR) is 101 cm³/mol. The Labute approximate surface area is 158 Å². The van der Waals surface area contributed by atoms with Gasteiger partial charge in [0.25, 0.3) is 10.0 Å². The Morgan fingerprint density at radius 1 is 1.00 bits per heavy atom. The smallest absolute Gasteiger partial charge is 0.252 e. The van der Waals surface area contributed by atoms with Crippen LogP contribution in [0.4, 0.5) is 0 Å². The molecule has 0 saturated carbocycles. The van der Waals surface area contributed by atoms with Crippen LogP contribution in [0.3, 0.4) is 0 Å². The minimum absolute atomic E-state index is 0.208. The number of nitrogens with zero attached hydrogens (tertiary/aromatic N) is 1. The van der Waals surface area contributed by atoms with E-state index in [0.717, 1.165) is 4.88 Å². The summed E-state index contributed by atoms with van der Waals surface area (Å²) in [5.74, 6) is 0.594. The third-order valence-electron chi connectivity index (χ3n) is 4.54. The first-order valence-electron chi connectivity index (χ1n) is 8.19. The van der Waals surface area contributed by atoms with Gasteiger partial charge in [-0.25, -0.2) is 16.8 Å². The molecule has 0 spiro atoms. The molecule has 2 heterocycles. The normalized spacial score (nSPS) is 17.3. The molecule has 1 fully saturated rings. The largest absolute Gasteiger partial charge is 0.497 e. The van der Waals surface area contributed by atoms with Crippen molar-refractivity contribution in [1.82, 2.24) is 4.31 Å². The van der Waals surface area contributed by atoms with Gasteiger partial charge in [-0.1, -0.05) is 0 Å². The van der Waals surface area contributed by atoms with Crippen LogP contribution >= 0.6 is 11.3 Å². The maximum atomic E-state index is 12.8. The van der Waals surface area contributed by atoms with E-state index >= 15 is 0 Å². The van der Waals surface area contributed by atoms with Crippen molar-refractivity contribution in [2.75, 3.05) is 20.2 Å². The molecule has 0 aliphatic carbocycles. The van der Waals surface area contributed by atoms with Gasteiger partial charge in [0, 0.05) is 18.0 Å². The van der Waals surface area contributed by atoms with E-state index in [1.165, 1.54) is 34.9 Å². The van der Waals surface area contributed by atoms with E-state index < -0.39 is 25.1 Å². The van der Waals surface area contributed by atoms with Crippen LogP contribution in [0.2, 0.25) is 0 Å². The first kappa shape index (κ1) is 19.3. The van der Waals surface area contributed by atoms with E-state index in [9.17, 15) is 16.8 Å². The van der Waals surface area contributed by atoms with E-state index in [2.05, 4.69) is 0 Å². The molecular formula is C17H21NO5S3. The van der Waals surface area contributed by atoms with E-state index in [0.29, 0.717) is 9.96 Å². The number of sulfonamides is 1. The van der Waals surface area contributed by atoms with Gasteiger partial charge in [0.1, 0.15) is 9.96 Å². The second kappa shape index (κ2) is 7.30. The maximum absolute atomic E-state index is 12.8. The molecule has 0 unspecified atom stereocenters. The first-order chi connectivity index (χ1) is 12.2. The zero-order valence-corrected chi connectivity index (χ0v) is 17.0. The molecule has 3 rings (SSSR count). The summed E-state index contributed by atoms with van der Waals surface area (Å²) < 4.78 is 57.7. The standard InChI is InChI=1S/C17H21NO5S3/c1-13-3-8-17(24-13)26(21,22)18-11-9-16(10-12-18)25(19,20)15-6-4-14(23-2)5-7-15/h3-8,16H,9-12H2,1-2H3. The number of hydrogen-bond acceptors (Lipinski definition) is 6. The van der Waals surface area contributed by atoms with Crippen molar-refractivity contribution in [1.29, 1.82) is 0 Å². The Hall–Kier alpha value is -1.42. The topological polar surface area (TPSA) is 80.8 Å². The van der Waals surface area contributed by atoms with Crippen LogP contribution < -0.4 is 4.74 Å². The molecule has 0 atom stereocenters. The molecule has 1 aromatic carbocycles. The predicted octanol–water partition coefficient (Wildman–Crippen LogP) is 2.69. The van der Waals surface area contributed by atoms with Crippen molar-refractivity contribution in [2.45, 2.75) is 34.1 Å². The van der Waals surface area contributed by atoms with E-state index in [4.69, 9.17) is 4.74 Å². The Morgan fingerprint density at radius 2 is 1.62 bits per heavy atom. The van der Waals surface area contributed by atoms with Gasteiger partial charge in [-0.2, -0.15) is 4.31 Å². The summed E-state index contributed by atoms with van der Waals surface area (Å²) in [6.45, 7) is 2.27. The summed E-state index contributed by atoms with van der Waals surface area (Å²) in [4.78, 5) is 1.18. The van der Waals surface area contributed by atoms with Crippen LogP contribution in [0, 0.1) is 6.92 Å². The molecule has 0 N–H and O–H groups in total. The fourth-order valence-electron chi connectivity index (χ4n) is 3.02. The monoisotopic (exact) mass is 415 g/mol. The van der Waals surface area contributed by atoms with Crippen molar-refractivity contribution in [3.63, 3.8) is 0 Å². The Morgan fingerprint density at radius 3 is 2.12 bits per heavy atom. The fourth-order valence-corrected chi connectivity index (χ4v) is 7.66. The summed E-state index contributed by atoms with van der Waals surface area (Å²) >= 11 is 1.24. The number of rotatable bonds is 5. The average molecular weight is 416 g/mol. The van der Waals surface area contributed by atoms with E-state index in [1.54, 1.807) is 24.3 Å². The quantitative estimate of drug-likeness (QED) is 0.750. The minimum atomic E-state index is -3.54. The van der Waals surface area contributed by atoms with Crippen LogP contribution in [-0.2, 0) is 19.9 Å². The van der Waals surface area contributed by atoms with Crippen LogP contribution in [-0.4, -0.2) is 46.6 Å². The fraction of sp³-hybridized carbons (Fsp3) is 0.412. The molecule has 2 aromatic rings. The summed E-state index contributed by atoms with van der Waals surface area (Å²) in [6, 6.07) is 9.68. The van der Waals surface area contributed by atoms with Crippen LogP contribution in [0.5, 0.6) is 5.75 Å². The van der Waals surface area contributed by atoms with Crippen LogP contribution in [0.1, 0.15) is 17.7 Å². The van der Waals surface area contributed by atoms with Crippen molar-refractivity contribution in [3.05, 3.63) is 41.3 Å². The SMILES string of the molecule is COc1ccc(S(=O)(=O)C2CCN(S(=O)(=O)c3ccc(C)s3)CC2)cc1. The third-order valence-corrected chi connectivity index (χ3v) is 10.2. The number of thiophene rings is 1. The Balaban J connectivity index is 1.73. The molecule has 142 valence electrons. The Bertz CT molecular complexity index is 970. The van der Waals surface area contributed by atoms with Crippen molar-refractivity contribution >= 4 is 31.2 Å². The second-order valence-corrected chi connectivity index (χ2v) is 11.9. The highest BCUT2D eigenvalue weighted by Crippen LogP contribution is 2.30. The number of sulfone groups is 1. The molecule has 1 aliphatic heterocycles. The average Bonchev–Trinajstić information content (AvgIpc) is 3.09. The summed E-state index contributed by atoms with van der Waals surface area (Å²) in [5.41, 5.74) is 0. The minimum Gasteiger partial charge on any atom is -0.497 e. The lowest BCUT2D eigenvalue weighted by atomic mass is 10.2. The first-order valence-corrected chi connectivity index (χ1v) is 12.0. The van der Waals surface area contributed by atoms with Crippen molar-refractivity contribution in [3.8, 4) is 5.75 Å². The number of benzene rings is 1. The lowest BCUT2D eigenvalue weighted by Crippen LogP contribution is -2.42. The molecule has 26 heavy (non-hydrogen) atoms. The van der Waals surface area contributed by atoms with Gasteiger partial charge < -0.3 is 4.74 Å². The zero-order chi connectivity index (χ0) is 18.9. The Kier molecular flexibility index (Phi) is 5.43. The maximum Gasteiger partial charge on any atom is 0.252 e. The van der Waals surface area contributed by atoms with Crippen molar-refractivity contribution < 1.29 is 21.6 Å². The lowest BCUT2D eigenvalue weighted by Gasteiger charge is -2.30. The third kappa shape index (κ3) is 3.66. The van der Waals surface area contributed by atoms with Gasteiger partial charge in [-0.05, 0) is 56.2 Å². The molecular weight excluding hydrogens is 394 g/mol. The highest BCUT2D eigenvalue weighted by Gasteiger charge is 2.36. The number of ether oxygens (including phenoxy) is 1. The van der Waals surface area contributed by atoms with Gasteiger partial charge in [0.05, 0.1) is 17.3 Å². The number of piperidine rings is 1. The number of hydrogen-bond donors (Lipinski definition) is 0. The van der Waals surface area contributed by atoms with E-state index in [-0.39, 0.29) is 30.8 Å². The van der Waals surface area contributed by atoms with Gasteiger partial charge in [0.2, 0.25) is 0 Å². The van der Waals surface area contributed by atoms with Gasteiger partial charge >= 0.3 is 0 Å². The molecule has 1 aliphatic rings. The molecule has 6 nitrogen and oxygen atoms in total. The van der Waals surface area contributed by atoms with Crippen LogP contribution in [0.15, 0.2) is 45.5 Å². The zero-order valence-electron chi connectivity index (χ0n) is 14.6. The van der Waals surface area contributed by atoms with Crippen LogP contribution in [0.25, 0.3) is 0 Å². The highest BCUT2D eigenvalue weighted by atomic mass is 32.2. The van der Waals surface area contributed by atoms with Crippen molar-refractivity contribution in [2.24, 2.45) is 0 Å². The summed E-state index contributed by atoms with van der Waals surface area (Å²) in [6.07, 6.45) is 0.579. The van der Waals surface area contributed by atoms with E-state index in [1.807, 2.05) is 6.92 Å². The molecule has 0 amide bonds. The molecule has 0 bridgehead atoms. The summed E-state index contributed by atoms with van der Waals surface area (Å²) in [5, 5.41) is -0.576. The lowest BCUT2D eigenvalue weighted by molar-refractivity contribution is 0.346. The molecule has 1 saturated heterocycles. The number of methoxy groups -OCH3 is 1. The van der Waals surface area contributed by atoms with Gasteiger partial charge in [-0.15, -0.1) is 11.3 Å². The molecule has 9 heteroatoms. The number of aryl methyl sites for hydroxylation is 1. The van der Waals surface area contributed by atoms with Gasteiger partial charge in [-0.3, -0.25) is 0 Å². The highest BCUT2D eigenvalue weighted by molar-refractivity contribution is 7.92. The second-order valence-electron chi connectivity index (χ2n) is 6.19. The summed E-state index contributed by atoms with van der Waals surface area (Å²) in [7, 11) is -5.51. The van der Waals surface area contributed by atoms with Gasteiger partial charge in [0.15, 0.2) is 9.84 Å². The molecule has 1 aromatic heterocycles. The molecule has 0 radical (unpaired) electrons.